The van der Waals surface area contributed by atoms with E-state index in [2.05, 4.69) is 0 Å². The third-order valence-electron chi connectivity index (χ3n) is 4.20. The number of rotatable bonds is 2. The first-order valence-electron chi connectivity index (χ1n) is 7.53. The highest BCUT2D eigenvalue weighted by Gasteiger charge is 2.31. The molecule has 118 valence electrons. The Bertz CT molecular complexity index is 775. The Labute approximate surface area is 135 Å². The number of carbonyl (C=O) groups excluding carboxylic acids is 2. The predicted molar refractivity (Wildman–Crippen MR) is 86.2 cm³/mol. The van der Waals surface area contributed by atoms with Crippen LogP contribution in [-0.2, 0) is 4.79 Å². The van der Waals surface area contributed by atoms with Crippen molar-refractivity contribution in [3.8, 4) is 11.5 Å². The van der Waals surface area contributed by atoms with E-state index in [1.807, 2.05) is 26.0 Å². The Kier molecular flexibility index (Phi) is 3.90. The van der Waals surface area contributed by atoms with Gasteiger partial charge < -0.3 is 9.47 Å². The molecular weight excluding hydrogens is 292 g/mol. The van der Waals surface area contributed by atoms with E-state index in [4.69, 9.17) is 9.47 Å². The van der Waals surface area contributed by atoms with E-state index in [1.54, 1.807) is 24.3 Å². The van der Waals surface area contributed by atoms with Gasteiger partial charge in [0.05, 0.1) is 11.5 Å². The van der Waals surface area contributed by atoms with E-state index in [1.165, 1.54) is 6.92 Å². The maximum Gasteiger partial charge on any atom is 0.308 e. The van der Waals surface area contributed by atoms with Crippen LogP contribution >= 0.6 is 0 Å². The van der Waals surface area contributed by atoms with Crippen molar-refractivity contribution in [3.05, 3.63) is 58.7 Å². The van der Waals surface area contributed by atoms with Crippen molar-refractivity contribution < 1.29 is 19.1 Å². The molecule has 2 aromatic rings. The van der Waals surface area contributed by atoms with Crippen molar-refractivity contribution in [2.45, 2.75) is 26.7 Å². The van der Waals surface area contributed by atoms with Gasteiger partial charge in [-0.25, -0.2) is 0 Å². The molecular formula is C19H18O4. The maximum absolute atomic E-state index is 12.8. The lowest BCUT2D eigenvalue weighted by atomic mass is 9.87. The third-order valence-corrected chi connectivity index (χ3v) is 4.20. The second-order valence-corrected chi connectivity index (χ2v) is 5.77. The van der Waals surface area contributed by atoms with Gasteiger partial charge >= 0.3 is 5.97 Å². The summed E-state index contributed by atoms with van der Waals surface area (Å²) >= 11 is 0. The van der Waals surface area contributed by atoms with E-state index < -0.39 is 0 Å². The molecule has 0 radical (unpaired) electrons. The molecule has 0 spiro atoms. The molecule has 1 aliphatic heterocycles. The summed E-state index contributed by atoms with van der Waals surface area (Å²) in [7, 11) is 0. The molecule has 0 saturated heterocycles. The third kappa shape index (κ3) is 2.84. The number of Topliss-reactive ketones (excluding diaryl/α,β-unsaturated/α-hetero) is 1. The summed E-state index contributed by atoms with van der Waals surface area (Å²) in [5.41, 5.74) is 3.61. The summed E-state index contributed by atoms with van der Waals surface area (Å²) in [6.45, 7) is 5.65. The molecule has 4 nitrogen and oxygen atoms in total. The van der Waals surface area contributed by atoms with Crippen molar-refractivity contribution in [1.82, 2.24) is 0 Å². The molecule has 23 heavy (non-hydrogen) atoms. The van der Waals surface area contributed by atoms with Crippen LogP contribution in [0.3, 0.4) is 0 Å². The molecule has 0 aromatic heterocycles. The van der Waals surface area contributed by atoms with E-state index in [0.717, 1.165) is 16.7 Å². The molecule has 1 aliphatic rings. The highest BCUT2D eigenvalue weighted by molar-refractivity contribution is 6.04. The monoisotopic (exact) mass is 310 g/mol. The van der Waals surface area contributed by atoms with Crippen LogP contribution in [0.15, 0.2) is 36.4 Å². The molecule has 1 unspecified atom stereocenters. The van der Waals surface area contributed by atoms with Gasteiger partial charge in [-0.15, -0.1) is 0 Å². The van der Waals surface area contributed by atoms with Gasteiger partial charge in [0.2, 0.25) is 0 Å². The fourth-order valence-corrected chi connectivity index (χ4v) is 2.78. The predicted octanol–water partition coefficient (Wildman–Crippen LogP) is 3.59. The number of hydrogen-bond acceptors (Lipinski definition) is 4. The minimum absolute atomic E-state index is 0.0644. The van der Waals surface area contributed by atoms with Gasteiger partial charge in [0.1, 0.15) is 18.1 Å². The Morgan fingerprint density at radius 2 is 1.83 bits per heavy atom. The number of hydrogen-bond donors (Lipinski definition) is 0. The second-order valence-electron chi connectivity index (χ2n) is 5.77. The zero-order chi connectivity index (χ0) is 16.6. The molecule has 0 fully saturated rings. The van der Waals surface area contributed by atoms with Crippen LogP contribution in [0.1, 0.15) is 39.9 Å². The zero-order valence-corrected chi connectivity index (χ0v) is 13.4. The van der Waals surface area contributed by atoms with Crippen LogP contribution in [0.5, 0.6) is 11.5 Å². The molecule has 0 N–H and O–H groups in total. The number of carbonyl (C=O) groups is 2. The van der Waals surface area contributed by atoms with Crippen LogP contribution in [0.25, 0.3) is 0 Å². The van der Waals surface area contributed by atoms with E-state index in [9.17, 15) is 9.59 Å². The standard InChI is InChI=1S/C19H18O4/c1-11-4-9-16-18(21)17(10-22-19(16)12(11)2)14-5-7-15(8-6-14)23-13(3)20/h4-9,17H,10H2,1-3H3. The average Bonchev–Trinajstić information content (AvgIpc) is 2.52. The molecule has 0 amide bonds. The van der Waals surface area contributed by atoms with Gasteiger partial charge in [-0.3, -0.25) is 9.59 Å². The smallest absolute Gasteiger partial charge is 0.308 e. The number of fused-ring (bicyclic) bond motifs is 1. The van der Waals surface area contributed by atoms with Crippen molar-refractivity contribution in [2.75, 3.05) is 6.61 Å². The minimum atomic E-state index is -0.366. The second kappa shape index (κ2) is 5.88. The summed E-state index contributed by atoms with van der Waals surface area (Å²) in [5, 5.41) is 0. The summed E-state index contributed by atoms with van der Waals surface area (Å²) in [4.78, 5) is 23.7. The number of benzene rings is 2. The first kappa shape index (κ1) is 15.3. The average molecular weight is 310 g/mol. The Morgan fingerprint density at radius 3 is 2.48 bits per heavy atom. The van der Waals surface area contributed by atoms with Gasteiger partial charge in [-0.05, 0) is 48.7 Å². The van der Waals surface area contributed by atoms with Gasteiger partial charge in [0, 0.05) is 6.92 Å². The Balaban J connectivity index is 1.89. The molecule has 1 atom stereocenters. The molecule has 1 heterocycles. The van der Waals surface area contributed by atoms with Gasteiger partial charge in [-0.1, -0.05) is 18.2 Å². The molecule has 0 saturated carbocycles. The first-order chi connectivity index (χ1) is 11.0. The number of ether oxygens (including phenoxy) is 2. The fourth-order valence-electron chi connectivity index (χ4n) is 2.78. The Hall–Kier alpha value is -2.62. The maximum atomic E-state index is 12.8. The van der Waals surface area contributed by atoms with E-state index in [-0.39, 0.29) is 17.7 Å². The van der Waals surface area contributed by atoms with Crippen molar-refractivity contribution in [2.24, 2.45) is 0 Å². The number of ketones is 1. The molecule has 0 bridgehead atoms. The van der Waals surface area contributed by atoms with E-state index in [0.29, 0.717) is 23.7 Å². The SMILES string of the molecule is CC(=O)Oc1ccc(C2COc3c(ccc(C)c3C)C2=O)cc1. The summed E-state index contributed by atoms with van der Waals surface area (Å²) in [5.74, 6) is 0.528. The Morgan fingerprint density at radius 1 is 1.13 bits per heavy atom. The summed E-state index contributed by atoms with van der Waals surface area (Å²) in [6, 6.07) is 10.8. The summed E-state index contributed by atoms with van der Waals surface area (Å²) in [6.07, 6.45) is 0. The zero-order valence-electron chi connectivity index (χ0n) is 13.4. The van der Waals surface area contributed by atoms with E-state index >= 15 is 0 Å². The highest BCUT2D eigenvalue weighted by Crippen LogP contribution is 2.36. The van der Waals surface area contributed by atoms with Crippen LogP contribution < -0.4 is 9.47 Å². The molecule has 4 heteroatoms. The van der Waals surface area contributed by atoms with Crippen molar-refractivity contribution in [1.29, 1.82) is 0 Å². The van der Waals surface area contributed by atoms with Gasteiger partial charge in [-0.2, -0.15) is 0 Å². The largest absolute Gasteiger partial charge is 0.491 e. The fraction of sp³-hybridized carbons (Fsp3) is 0.263. The topological polar surface area (TPSA) is 52.6 Å². The quantitative estimate of drug-likeness (QED) is 0.628. The lowest BCUT2D eigenvalue weighted by Crippen LogP contribution is -2.26. The highest BCUT2D eigenvalue weighted by atomic mass is 16.5. The molecule has 2 aromatic carbocycles. The molecule has 0 aliphatic carbocycles. The normalized spacial score (nSPS) is 16.5. The van der Waals surface area contributed by atoms with Crippen molar-refractivity contribution >= 4 is 11.8 Å². The van der Waals surface area contributed by atoms with Gasteiger partial charge in [0.25, 0.3) is 0 Å². The van der Waals surface area contributed by atoms with Crippen molar-refractivity contribution in [3.63, 3.8) is 0 Å². The minimum Gasteiger partial charge on any atom is -0.491 e. The summed E-state index contributed by atoms with van der Waals surface area (Å²) < 4.78 is 10.9. The number of esters is 1. The van der Waals surface area contributed by atoms with Gasteiger partial charge in [0.15, 0.2) is 5.78 Å². The lowest BCUT2D eigenvalue weighted by Gasteiger charge is -2.26. The van der Waals surface area contributed by atoms with Crippen LogP contribution in [-0.4, -0.2) is 18.4 Å². The van der Waals surface area contributed by atoms with Crippen LogP contribution in [0.2, 0.25) is 0 Å². The molecule has 3 rings (SSSR count). The first-order valence-corrected chi connectivity index (χ1v) is 7.53. The van der Waals surface area contributed by atoms with Crippen LogP contribution in [0.4, 0.5) is 0 Å². The lowest BCUT2D eigenvalue weighted by molar-refractivity contribution is -0.131. The van der Waals surface area contributed by atoms with Crippen LogP contribution in [0, 0.1) is 13.8 Å². The number of aryl methyl sites for hydroxylation is 1.